The summed E-state index contributed by atoms with van der Waals surface area (Å²) >= 11 is 0. The van der Waals surface area contributed by atoms with Crippen LogP contribution in [0, 0.1) is 17.2 Å². The molecule has 0 saturated heterocycles. The second kappa shape index (κ2) is 10.0. The fourth-order valence-corrected chi connectivity index (χ4v) is 3.56. The number of amides is 2. The number of methoxy groups -OCH3 is 1. The van der Waals surface area contributed by atoms with Crippen molar-refractivity contribution >= 4 is 22.7 Å². The number of fused-ring (bicyclic) bond motifs is 1. The van der Waals surface area contributed by atoms with Gasteiger partial charge in [-0.15, -0.1) is 0 Å². The van der Waals surface area contributed by atoms with Gasteiger partial charge in [-0.3, -0.25) is 9.59 Å². The SMILES string of the molecule is COc1cccc2[nH]c(C(=O)N[C@@H](CC(C)C)C(=O)N[C@H](C#N)Cc3cncn3C)cc12. The molecule has 2 heterocycles. The largest absolute Gasteiger partial charge is 0.496 e. The molecule has 0 saturated carbocycles. The fourth-order valence-electron chi connectivity index (χ4n) is 3.56. The standard InChI is InChI=1S/C23H28N6O3/c1-14(2)8-19(22(30)26-15(11-24)9-16-12-25-13-29(16)3)28-23(31)20-10-17-18(27-20)6-5-7-21(17)32-4/h5-7,10,12-15,19,27H,8-9H2,1-4H3,(H,26,30)(H,28,31)/t15-,19-/m0/s1. The molecule has 3 rings (SSSR count). The summed E-state index contributed by atoms with van der Waals surface area (Å²) in [6.45, 7) is 3.94. The first-order valence-electron chi connectivity index (χ1n) is 10.4. The van der Waals surface area contributed by atoms with Gasteiger partial charge in [0.15, 0.2) is 0 Å². The lowest BCUT2D eigenvalue weighted by atomic mass is 10.0. The number of H-pyrrole nitrogens is 1. The summed E-state index contributed by atoms with van der Waals surface area (Å²) in [6, 6.07) is 7.80. The van der Waals surface area contributed by atoms with E-state index in [0.717, 1.165) is 16.6 Å². The molecule has 2 atom stereocenters. The van der Waals surface area contributed by atoms with Gasteiger partial charge in [-0.1, -0.05) is 19.9 Å². The number of rotatable bonds is 9. The summed E-state index contributed by atoms with van der Waals surface area (Å²) in [5, 5.41) is 15.9. The van der Waals surface area contributed by atoms with Crippen LogP contribution >= 0.6 is 0 Å². The van der Waals surface area contributed by atoms with Crippen LogP contribution in [-0.4, -0.2) is 45.5 Å². The Morgan fingerprint density at radius 3 is 2.72 bits per heavy atom. The third-order valence-corrected chi connectivity index (χ3v) is 5.22. The van der Waals surface area contributed by atoms with Gasteiger partial charge in [0.05, 0.1) is 19.5 Å². The number of carbonyl (C=O) groups excluding carboxylic acids is 2. The molecule has 168 valence electrons. The number of aryl methyl sites for hydroxylation is 1. The molecular formula is C23H28N6O3. The molecule has 0 radical (unpaired) electrons. The quantitative estimate of drug-likeness (QED) is 0.475. The van der Waals surface area contributed by atoms with E-state index in [1.165, 1.54) is 0 Å². The van der Waals surface area contributed by atoms with Crippen molar-refractivity contribution in [2.45, 2.75) is 38.8 Å². The lowest BCUT2D eigenvalue weighted by Crippen LogP contribution is -2.50. The molecule has 0 aliphatic rings. The fraction of sp³-hybridized carbons (Fsp3) is 0.391. The summed E-state index contributed by atoms with van der Waals surface area (Å²) < 4.78 is 7.15. The van der Waals surface area contributed by atoms with Crippen LogP contribution in [0.2, 0.25) is 0 Å². The molecule has 2 amide bonds. The van der Waals surface area contributed by atoms with Crippen LogP contribution in [0.5, 0.6) is 5.75 Å². The first kappa shape index (κ1) is 22.9. The highest BCUT2D eigenvalue weighted by molar-refractivity contribution is 6.01. The highest BCUT2D eigenvalue weighted by Gasteiger charge is 2.26. The van der Waals surface area contributed by atoms with Crippen molar-refractivity contribution in [3.63, 3.8) is 0 Å². The average molecular weight is 437 g/mol. The van der Waals surface area contributed by atoms with Crippen LogP contribution in [0.1, 0.15) is 36.5 Å². The van der Waals surface area contributed by atoms with E-state index in [2.05, 4.69) is 26.7 Å². The molecular weight excluding hydrogens is 408 g/mol. The van der Waals surface area contributed by atoms with Crippen LogP contribution in [0.15, 0.2) is 36.8 Å². The molecule has 3 aromatic rings. The monoisotopic (exact) mass is 436 g/mol. The van der Waals surface area contributed by atoms with E-state index >= 15 is 0 Å². The Bertz CT molecular complexity index is 1140. The predicted molar refractivity (Wildman–Crippen MR) is 120 cm³/mol. The third-order valence-electron chi connectivity index (χ3n) is 5.22. The number of carbonyl (C=O) groups is 2. The van der Waals surface area contributed by atoms with Gasteiger partial charge in [0.25, 0.3) is 5.91 Å². The minimum absolute atomic E-state index is 0.159. The molecule has 1 aromatic carbocycles. The zero-order valence-electron chi connectivity index (χ0n) is 18.7. The third kappa shape index (κ3) is 5.27. The number of aromatic amines is 1. The number of hydrogen-bond donors (Lipinski definition) is 3. The van der Waals surface area contributed by atoms with Crippen LogP contribution < -0.4 is 15.4 Å². The van der Waals surface area contributed by atoms with Gasteiger partial charge in [-0.25, -0.2) is 4.98 Å². The zero-order chi connectivity index (χ0) is 23.3. The maximum atomic E-state index is 13.0. The molecule has 9 heteroatoms. The van der Waals surface area contributed by atoms with E-state index in [1.807, 2.05) is 39.1 Å². The molecule has 0 bridgehead atoms. The Labute approximate surface area is 186 Å². The summed E-state index contributed by atoms with van der Waals surface area (Å²) in [5.41, 5.74) is 1.92. The Morgan fingerprint density at radius 1 is 1.31 bits per heavy atom. The number of nitriles is 1. The van der Waals surface area contributed by atoms with Crippen LogP contribution in [0.3, 0.4) is 0 Å². The minimum Gasteiger partial charge on any atom is -0.496 e. The predicted octanol–water partition coefficient (Wildman–Crippen LogP) is 2.31. The lowest BCUT2D eigenvalue weighted by molar-refractivity contribution is -0.123. The minimum atomic E-state index is -0.779. The number of aromatic nitrogens is 3. The van der Waals surface area contributed by atoms with Gasteiger partial charge < -0.3 is 24.9 Å². The highest BCUT2D eigenvalue weighted by atomic mass is 16.5. The molecule has 0 aliphatic carbocycles. The Kier molecular flexibility index (Phi) is 7.15. The number of hydrogen-bond acceptors (Lipinski definition) is 5. The molecule has 3 N–H and O–H groups in total. The molecule has 0 fully saturated rings. The van der Waals surface area contributed by atoms with Crippen molar-refractivity contribution < 1.29 is 14.3 Å². The Balaban J connectivity index is 1.74. The maximum Gasteiger partial charge on any atom is 0.268 e. The van der Waals surface area contributed by atoms with Crippen molar-refractivity contribution in [3.05, 3.63) is 48.2 Å². The molecule has 9 nitrogen and oxygen atoms in total. The number of ether oxygens (including phenoxy) is 1. The van der Waals surface area contributed by atoms with Crippen molar-refractivity contribution in [1.29, 1.82) is 5.26 Å². The van der Waals surface area contributed by atoms with Crippen LogP contribution in [0.4, 0.5) is 0 Å². The van der Waals surface area contributed by atoms with Crippen molar-refractivity contribution in [3.8, 4) is 11.8 Å². The second-order valence-electron chi connectivity index (χ2n) is 8.15. The van der Waals surface area contributed by atoms with Crippen molar-refractivity contribution in [2.24, 2.45) is 13.0 Å². The normalized spacial score (nSPS) is 12.9. The molecule has 32 heavy (non-hydrogen) atoms. The summed E-state index contributed by atoms with van der Waals surface area (Å²) in [4.78, 5) is 33.0. The van der Waals surface area contributed by atoms with Crippen molar-refractivity contribution in [1.82, 2.24) is 25.2 Å². The number of imidazole rings is 1. The first-order valence-corrected chi connectivity index (χ1v) is 10.4. The molecule has 0 spiro atoms. The van der Waals surface area contributed by atoms with E-state index in [4.69, 9.17) is 4.74 Å². The van der Waals surface area contributed by atoms with E-state index in [-0.39, 0.29) is 5.92 Å². The Morgan fingerprint density at radius 2 is 2.09 bits per heavy atom. The van der Waals surface area contributed by atoms with E-state index in [0.29, 0.717) is 24.3 Å². The number of nitrogens with one attached hydrogen (secondary N) is 3. The molecule has 2 aromatic heterocycles. The molecule has 0 unspecified atom stereocenters. The zero-order valence-corrected chi connectivity index (χ0v) is 18.7. The van der Waals surface area contributed by atoms with Gasteiger partial charge in [-0.2, -0.15) is 5.26 Å². The second-order valence-corrected chi connectivity index (χ2v) is 8.15. The van der Waals surface area contributed by atoms with Gasteiger partial charge in [0.1, 0.15) is 23.5 Å². The molecule has 0 aliphatic heterocycles. The van der Waals surface area contributed by atoms with Gasteiger partial charge >= 0.3 is 0 Å². The average Bonchev–Trinajstić information content (AvgIpc) is 3.38. The Hall–Kier alpha value is -3.80. The maximum absolute atomic E-state index is 13.0. The van der Waals surface area contributed by atoms with Crippen LogP contribution in [0.25, 0.3) is 10.9 Å². The lowest BCUT2D eigenvalue weighted by Gasteiger charge is -2.21. The number of nitrogens with zero attached hydrogens (tertiary/aromatic N) is 3. The highest BCUT2D eigenvalue weighted by Crippen LogP contribution is 2.26. The van der Waals surface area contributed by atoms with E-state index in [1.54, 1.807) is 30.3 Å². The topological polar surface area (TPSA) is 125 Å². The van der Waals surface area contributed by atoms with E-state index < -0.39 is 23.9 Å². The summed E-state index contributed by atoms with van der Waals surface area (Å²) in [5.74, 6) is 0.0198. The summed E-state index contributed by atoms with van der Waals surface area (Å²) in [7, 11) is 3.40. The van der Waals surface area contributed by atoms with Crippen molar-refractivity contribution in [2.75, 3.05) is 7.11 Å². The smallest absolute Gasteiger partial charge is 0.268 e. The first-order chi connectivity index (χ1) is 15.3. The van der Waals surface area contributed by atoms with Gasteiger partial charge in [0, 0.05) is 36.3 Å². The number of benzene rings is 1. The summed E-state index contributed by atoms with van der Waals surface area (Å²) in [6.07, 6.45) is 4.06. The van der Waals surface area contributed by atoms with E-state index in [9.17, 15) is 14.9 Å². The van der Waals surface area contributed by atoms with Gasteiger partial charge in [0.2, 0.25) is 5.91 Å². The van der Waals surface area contributed by atoms with Crippen LogP contribution in [-0.2, 0) is 18.3 Å². The van der Waals surface area contributed by atoms with Gasteiger partial charge in [-0.05, 0) is 30.5 Å².